The van der Waals surface area contributed by atoms with E-state index in [9.17, 15) is 4.79 Å². The number of thioether (sulfide) groups is 1. The summed E-state index contributed by atoms with van der Waals surface area (Å²) in [4.78, 5) is 13.1. The number of halogens is 1. The summed E-state index contributed by atoms with van der Waals surface area (Å²) < 4.78 is 0. The van der Waals surface area contributed by atoms with Gasteiger partial charge in [0.1, 0.15) is 0 Å². The van der Waals surface area contributed by atoms with Crippen LogP contribution >= 0.6 is 23.4 Å². The van der Waals surface area contributed by atoms with Gasteiger partial charge in [0.2, 0.25) is 0 Å². The second-order valence-electron chi connectivity index (χ2n) is 4.25. The van der Waals surface area contributed by atoms with Crippen LogP contribution in [0.2, 0.25) is 0 Å². The Morgan fingerprint density at radius 2 is 1.75 bits per heavy atom. The van der Waals surface area contributed by atoms with Crippen LogP contribution in [0, 0.1) is 0 Å². The van der Waals surface area contributed by atoms with Crippen LogP contribution < -0.4 is 5.32 Å². The zero-order valence-electron chi connectivity index (χ0n) is 11.0. The van der Waals surface area contributed by atoms with E-state index in [-0.39, 0.29) is 5.91 Å². The average molecular weight is 306 g/mol. The fraction of sp³-hybridized carbons (Fsp3) is 0.188. The number of carbonyl (C=O) groups is 1. The molecule has 0 aromatic heterocycles. The minimum atomic E-state index is -0.0419. The first kappa shape index (κ1) is 14.9. The molecule has 0 radical (unpaired) electrons. The highest BCUT2D eigenvalue weighted by atomic mass is 35.5. The number of carbonyl (C=O) groups excluding carboxylic acids is 1. The van der Waals surface area contributed by atoms with E-state index < -0.39 is 0 Å². The molecule has 0 spiro atoms. The SMILES string of the molecule is O=C(NCCSc1ccccc1)c1ccc(CCl)cc1. The van der Waals surface area contributed by atoms with Gasteiger partial charge in [0.05, 0.1) is 0 Å². The fourth-order valence-corrected chi connectivity index (χ4v) is 2.67. The lowest BCUT2D eigenvalue weighted by molar-refractivity contribution is 0.0956. The maximum Gasteiger partial charge on any atom is 0.251 e. The standard InChI is InChI=1S/C16H16ClNOS/c17-12-13-6-8-14(9-7-13)16(19)18-10-11-20-15-4-2-1-3-5-15/h1-9H,10-12H2,(H,18,19). The van der Waals surface area contributed by atoms with E-state index in [2.05, 4.69) is 17.4 Å². The molecule has 4 heteroatoms. The number of alkyl halides is 1. The van der Waals surface area contributed by atoms with Crippen molar-refractivity contribution in [1.29, 1.82) is 0 Å². The van der Waals surface area contributed by atoms with Gasteiger partial charge in [-0.2, -0.15) is 0 Å². The van der Waals surface area contributed by atoms with Crippen molar-refractivity contribution in [2.24, 2.45) is 0 Å². The van der Waals surface area contributed by atoms with E-state index in [1.165, 1.54) is 4.90 Å². The van der Waals surface area contributed by atoms with Crippen LogP contribution in [0.25, 0.3) is 0 Å². The molecule has 20 heavy (non-hydrogen) atoms. The molecular weight excluding hydrogens is 290 g/mol. The minimum absolute atomic E-state index is 0.0419. The molecule has 0 aliphatic rings. The van der Waals surface area contributed by atoms with Gasteiger partial charge in [0.15, 0.2) is 0 Å². The molecule has 2 aromatic rings. The van der Waals surface area contributed by atoms with E-state index in [0.29, 0.717) is 18.0 Å². The molecule has 0 saturated carbocycles. The number of rotatable bonds is 6. The predicted molar refractivity (Wildman–Crippen MR) is 85.5 cm³/mol. The van der Waals surface area contributed by atoms with Gasteiger partial charge in [-0.15, -0.1) is 23.4 Å². The van der Waals surface area contributed by atoms with Gasteiger partial charge in [-0.1, -0.05) is 30.3 Å². The van der Waals surface area contributed by atoms with E-state index in [1.807, 2.05) is 30.3 Å². The number of amides is 1. The molecule has 0 bridgehead atoms. The van der Waals surface area contributed by atoms with E-state index in [1.54, 1.807) is 23.9 Å². The summed E-state index contributed by atoms with van der Waals surface area (Å²) in [6.45, 7) is 0.648. The van der Waals surface area contributed by atoms with Crippen LogP contribution in [-0.4, -0.2) is 18.2 Å². The Hall–Kier alpha value is -1.45. The lowest BCUT2D eigenvalue weighted by Gasteiger charge is -2.06. The molecule has 0 aliphatic heterocycles. The van der Waals surface area contributed by atoms with Gasteiger partial charge >= 0.3 is 0 Å². The lowest BCUT2D eigenvalue weighted by Crippen LogP contribution is -2.25. The van der Waals surface area contributed by atoms with E-state index >= 15 is 0 Å². The number of hydrogen-bond acceptors (Lipinski definition) is 2. The molecule has 0 saturated heterocycles. The molecular formula is C16H16ClNOS. The first-order valence-electron chi connectivity index (χ1n) is 6.40. The molecule has 0 aliphatic carbocycles. The highest BCUT2D eigenvalue weighted by Gasteiger charge is 2.04. The van der Waals surface area contributed by atoms with Gasteiger partial charge in [-0.3, -0.25) is 4.79 Å². The number of benzene rings is 2. The molecule has 2 nitrogen and oxygen atoms in total. The van der Waals surface area contributed by atoms with Crippen molar-refractivity contribution < 1.29 is 4.79 Å². The zero-order chi connectivity index (χ0) is 14.2. The van der Waals surface area contributed by atoms with Crippen molar-refractivity contribution in [3.05, 3.63) is 65.7 Å². The predicted octanol–water partition coefficient (Wildman–Crippen LogP) is 3.95. The van der Waals surface area contributed by atoms with Gasteiger partial charge < -0.3 is 5.32 Å². The maximum absolute atomic E-state index is 11.9. The van der Waals surface area contributed by atoms with Crippen LogP contribution in [0.3, 0.4) is 0 Å². The Balaban J connectivity index is 1.74. The van der Waals surface area contributed by atoms with Crippen LogP contribution in [-0.2, 0) is 5.88 Å². The van der Waals surface area contributed by atoms with E-state index in [4.69, 9.17) is 11.6 Å². The third-order valence-corrected chi connectivity index (χ3v) is 4.09. The molecule has 0 fully saturated rings. The Kier molecular flexibility index (Phi) is 5.96. The van der Waals surface area contributed by atoms with Crippen LogP contribution in [0.4, 0.5) is 0 Å². The molecule has 0 unspecified atom stereocenters. The summed E-state index contributed by atoms with van der Waals surface area (Å²) in [7, 11) is 0. The largest absolute Gasteiger partial charge is 0.351 e. The first-order valence-corrected chi connectivity index (χ1v) is 7.92. The average Bonchev–Trinajstić information content (AvgIpc) is 2.52. The first-order chi connectivity index (χ1) is 9.79. The second-order valence-corrected chi connectivity index (χ2v) is 5.68. The third kappa shape index (κ3) is 4.58. The van der Waals surface area contributed by atoms with Crippen molar-refractivity contribution in [2.75, 3.05) is 12.3 Å². The maximum atomic E-state index is 11.9. The Labute approximate surface area is 128 Å². The van der Waals surface area contributed by atoms with Gasteiger partial charge in [-0.25, -0.2) is 0 Å². The summed E-state index contributed by atoms with van der Waals surface area (Å²) in [5.41, 5.74) is 1.69. The zero-order valence-corrected chi connectivity index (χ0v) is 12.6. The van der Waals surface area contributed by atoms with Gasteiger partial charge in [0, 0.05) is 28.6 Å². The molecule has 2 aromatic carbocycles. The summed E-state index contributed by atoms with van der Waals surface area (Å²) in [6, 6.07) is 17.5. The van der Waals surface area contributed by atoms with Crippen LogP contribution in [0.5, 0.6) is 0 Å². The Morgan fingerprint density at radius 3 is 2.40 bits per heavy atom. The number of hydrogen-bond donors (Lipinski definition) is 1. The van der Waals surface area contributed by atoms with Crippen molar-refractivity contribution in [2.45, 2.75) is 10.8 Å². The molecule has 2 rings (SSSR count). The Bertz CT molecular complexity index is 542. The fourth-order valence-electron chi connectivity index (χ4n) is 1.70. The third-order valence-electron chi connectivity index (χ3n) is 2.77. The van der Waals surface area contributed by atoms with Gasteiger partial charge in [0.25, 0.3) is 5.91 Å². The second kappa shape index (κ2) is 7.98. The highest BCUT2D eigenvalue weighted by Crippen LogP contribution is 2.15. The summed E-state index contributed by atoms with van der Waals surface area (Å²) in [6.07, 6.45) is 0. The van der Waals surface area contributed by atoms with Crippen LogP contribution in [0.15, 0.2) is 59.5 Å². The summed E-state index contributed by atoms with van der Waals surface area (Å²) in [5, 5.41) is 2.91. The molecule has 1 N–H and O–H groups in total. The summed E-state index contributed by atoms with van der Waals surface area (Å²) >= 11 is 7.45. The van der Waals surface area contributed by atoms with Crippen molar-refractivity contribution in [3.8, 4) is 0 Å². The lowest BCUT2D eigenvalue weighted by atomic mass is 10.1. The normalized spacial score (nSPS) is 10.2. The minimum Gasteiger partial charge on any atom is -0.351 e. The topological polar surface area (TPSA) is 29.1 Å². The quantitative estimate of drug-likeness (QED) is 0.497. The smallest absolute Gasteiger partial charge is 0.251 e. The van der Waals surface area contributed by atoms with Crippen LogP contribution in [0.1, 0.15) is 15.9 Å². The Morgan fingerprint density at radius 1 is 1.05 bits per heavy atom. The molecule has 1 amide bonds. The van der Waals surface area contributed by atoms with Gasteiger partial charge in [-0.05, 0) is 29.8 Å². The summed E-state index contributed by atoms with van der Waals surface area (Å²) in [5.74, 6) is 1.28. The van der Waals surface area contributed by atoms with Crippen molar-refractivity contribution in [1.82, 2.24) is 5.32 Å². The van der Waals surface area contributed by atoms with E-state index in [0.717, 1.165) is 11.3 Å². The molecule has 104 valence electrons. The number of nitrogens with one attached hydrogen (secondary N) is 1. The van der Waals surface area contributed by atoms with Crippen molar-refractivity contribution >= 4 is 29.3 Å². The van der Waals surface area contributed by atoms with Crippen molar-refractivity contribution in [3.63, 3.8) is 0 Å². The monoisotopic (exact) mass is 305 g/mol. The molecule has 0 atom stereocenters. The molecule has 0 heterocycles. The highest BCUT2D eigenvalue weighted by molar-refractivity contribution is 7.99.